The molecule has 1 aliphatic rings. The van der Waals surface area contributed by atoms with E-state index in [0.717, 1.165) is 31.9 Å². The number of nitrogens with one attached hydrogen (secondary N) is 2. The van der Waals surface area contributed by atoms with Crippen LogP contribution in [0.4, 0.5) is 5.69 Å². The summed E-state index contributed by atoms with van der Waals surface area (Å²) in [5.41, 5.74) is 1.70. The van der Waals surface area contributed by atoms with E-state index < -0.39 is 9.84 Å². The van der Waals surface area contributed by atoms with Gasteiger partial charge >= 0.3 is 0 Å². The fraction of sp³-hybridized carbons (Fsp3) is 0.278. The van der Waals surface area contributed by atoms with Crippen molar-refractivity contribution in [3.05, 3.63) is 42.5 Å². The lowest BCUT2D eigenvalue weighted by Crippen LogP contribution is -2.43. The molecule has 1 saturated heterocycles. The third kappa shape index (κ3) is 3.60. The number of rotatable bonds is 4. The van der Waals surface area contributed by atoms with E-state index in [2.05, 4.69) is 20.4 Å². The molecule has 9 heteroatoms. The number of nitrogens with zero attached hydrogens (tertiary/aromatic N) is 2. The van der Waals surface area contributed by atoms with Crippen molar-refractivity contribution in [3.8, 4) is 5.75 Å². The normalized spacial score (nSPS) is 14.8. The van der Waals surface area contributed by atoms with Gasteiger partial charge in [0, 0.05) is 37.3 Å². The van der Waals surface area contributed by atoms with Crippen LogP contribution in [0.1, 0.15) is 0 Å². The van der Waals surface area contributed by atoms with Crippen molar-refractivity contribution in [3.63, 3.8) is 0 Å². The molecule has 2 N–H and O–H groups in total. The molecule has 27 heavy (non-hydrogen) atoms. The molecule has 0 amide bonds. The standard InChI is InChI=1S/C18H20N4O3S.ClH/c1-25-14-3-5-15(6-4-14)26(23,24)18-16-7-2-13(12-17(16)20-21-18)22-10-8-19-9-11-22;/h2-7,12,19H,8-11H2,1H3,(H,20,21);1H. The number of hydrogen-bond donors (Lipinski definition) is 2. The van der Waals surface area contributed by atoms with Gasteiger partial charge in [0.2, 0.25) is 9.84 Å². The summed E-state index contributed by atoms with van der Waals surface area (Å²) in [5.74, 6) is 0.610. The third-order valence-electron chi connectivity index (χ3n) is 4.62. The number of benzene rings is 2. The molecule has 0 atom stereocenters. The van der Waals surface area contributed by atoms with E-state index in [1.807, 2.05) is 18.2 Å². The number of methoxy groups -OCH3 is 1. The van der Waals surface area contributed by atoms with E-state index in [1.54, 1.807) is 19.2 Å². The van der Waals surface area contributed by atoms with E-state index >= 15 is 0 Å². The Morgan fingerprint density at radius 3 is 2.44 bits per heavy atom. The highest BCUT2D eigenvalue weighted by Crippen LogP contribution is 2.29. The maximum absolute atomic E-state index is 13.0. The first-order valence-electron chi connectivity index (χ1n) is 8.42. The second-order valence-corrected chi connectivity index (χ2v) is 8.06. The minimum atomic E-state index is -3.68. The molecule has 0 bridgehead atoms. The first-order valence-corrected chi connectivity index (χ1v) is 9.91. The van der Waals surface area contributed by atoms with Gasteiger partial charge < -0.3 is 15.0 Å². The largest absolute Gasteiger partial charge is 0.497 e. The summed E-state index contributed by atoms with van der Waals surface area (Å²) < 4.78 is 31.0. The van der Waals surface area contributed by atoms with Gasteiger partial charge in [-0.15, -0.1) is 12.4 Å². The summed E-state index contributed by atoms with van der Waals surface area (Å²) in [6.07, 6.45) is 0. The van der Waals surface area contributed by atoms with Crippen LogP contribution in [0, 0.1) is 0 Å². The summed E-state index contributed by atoms with van der Waals surface area (Å²) in [7, 11) is -2.14. The number of hydrogen-bond acceptors (Lipinski definition) is 6. The molecule has 4 rings (SSSR count). The first-order chi connectivity index (χ1) is 12.6. The van der Waals surface area contributed by atoms with E-state index in [4.69, 9.17) is 4.74 Å². The zero-order valence-corrected chi connectivity index (χ0v) is 16.4. The lowest BCUT2D eigenvalue weighted by molar-refractivity contribution is 0.414. The van der Waals surface area contributed by atoms with Crippen LogP contribution in [0.5, 0.6) is 5.75 Å². The molecule has 7 nitrogen and oxygen atoms in total. The van der Waals surface area contributed by atoms with Gasteiger partial charge in [0.05, 0.1) is 17.5 Å². The van der Waals surface area contributed by atoms with Crippen molar-refractivity contribution < 1.29 is 13.2 Å². The van der Waals surface area contributed by atoms with Crippen molar-refractivity contribution in [1.29, 1.82) is 0 Å². The van der Waals surface area contributed by atoms with Gasteiger partial charge in [-0.05, 0) is 42.5 Å². The van der Waals surface area contributed by atoms with E-state index in [-0.39, 0.29) is 22.3 Å². The molecule has 0 saturated carbocycles. The van der Waals surface area contributed by atoms with Crippen LogP contribution < -0.4 is 15.0 Å². The Hall–Kier alpha value is -2.29. The lowest BCUT2D eigenvalue weighted by atomic mass is 10.2. The molecule has 1 aromatic heterocycles. The van der Waals surface area contributed by atoms with E-state index in [1.165, 1.54) is 12.1 Å². The Labute approximate surface area is 164 Å². The number of sulfone groups is 1. The monoisotopic (exact) mass is 408 g/mol. The van der Waals surface area contributed by atoms with Crippen molar-refractivity contribution in [2.75, 3.05) is 38.2 Å². The molecule has 0 spiro atoms. The molecule has 0 unspecified atom stereocenters. The molecule has 2 aromatic carbocycles. The number of piperazine rings is 1. The highest BCUT2D eigenvalue weighted by molar-refractivity contribution is 7.91. The Morgan fingerprint density at radius 1 is 1.07 bits per heavy atom. The zero-order valence-electron chi connectivity index (χ0n) is 14.8. The summed E-state index contributed by atoms with van der Waals surface area (Å²) in [6.45, 7) is 3.73. The smallest absolute Gasteiger partial charge is 0.223 e. The molecule has 0 aliphatic carbocycles. The minimum absolute atomic E-state index is 0. The van der Waals surface area contributed by atoms with E-state index in [9.17, 15) is 8.42 Å². The maximum Gasteiger partial charge on any atom is 0.223 e. The van der Waals surface area contributed by atoms with Crippen LogP contribution in [-0.4, -0.2) is 51.9 Å². The Morgan fingerprint density at radius 2 is 1.78 bits per heavy atom. The van der Waals surface area contributed by atoms with Crippen molar-refractivity contribution in [1.82, 2.24) is 15.5 Å². The third-order valence-corrected chi connectivity index (χ3v) is 6.37. The van der Waals surface area contributed by atoms with Gasteiger partial charge in [-0.25, -0.2) is 8.42 Å². The molecule has 2 heterocycles. The quantitative estimate of drug-likeness (QED) is 0.688. The van der Waals surface area contributed by atoms with Crippen LogP contribution in [0.25, 0.3) is 10.9 Å². The lowest BCUT2D eigenvalue weighted by Gasteiger charge is -2.29. The number of anilines is 1. The molecular formula is C18H21ClN4O3S. The molecule has 3 aromatic rings. The zero-order chi connectivity index (χ0) is 18.1. The molecule has 1 fully saturated rings. The van der Waals surface area contributed by atoms with Gasteiger partial charge in [0.15, 0.2) is 5.03 Å². The van der Waals surface area contributed by atoms with Gasteiger partial charge in [0.25, 0.3) is 0 Å². The highest BCUT2D eigenvalue weighted by Gasteiger charge is 2.23. The number of H-pyrrole nitrogens is 1. The van der Waals surface area contributed by atoms with Crippen molar-refractivity contribution in [2.24, 2.45) is 0 Å². The fourth-order valence-corrected chi connectivity index (χ4v) is 4.53. The van der Waals surface area contributed by atoms with Crippen LogP contribution in [0.15, 0.2) is 52.4 Å². The molecular weight excluding hydrogens is 388 g/mol. The summed E-state index contributed by atoms with van der Waals surface area (Å²) in [5, 5.41) is 11.0. The average Bonchev–Trinajstić information content (AvgIpc) is 3.13. The Balaban J connectivity index is 0.00000210. The van der Waals surface area contributed by atoms with Crippen molar-refractivity contribution in [2.45, 2.75) is 9.92 Å². The number of aromatic nitrogens is 2. The summed E-state index contributed by atoms with van der Waals surface area (Å²) >= 11 is 0. The molecule has 0 radical (unpaired) electrons. The van der Waals surface area contributed by atoms with E-state index in [0.29, 0.717) is 16.7 Å². The summed E-state index contributed by atoms with van der Waals surface area (Å²) in [6, 6.07) is 12.1. The maximum atomic E-state index is 13.0. The van der Waals surface area contributed by atoms with Crippen molar-refractivity contribution >= 4 is 38.8 Å². The summed E-state index contributed by atoms with van der Waals surface area (Å²) in [4.78, 5) is 2.47. The molecule has 144 valence electrons. The first kappa shape index (κ1) is 19.5. The van der Waals surface area contributed by atoms with Crippen LogP contribution in [0.2, 0.25) is 0 Å². The second kappa shape index (κ2) is 7.75. The predicted molar refractivity (Wildman–Crippen MR) is 107 cm³/mol. The Bertz CT molecular complexity index is 1030. The Kier molecular flexibility index (Phi) is 5.59. The minimum Gasteiger partial charge on any atom is -0.497 e. The topological polar surface area (TPSA) is 87.3 Å². The number of fused-ring (bicyclic) bond motifs is 1. The van der Waals surface area contributed by atoms with Crippen LogP contribution in [-0.2, 0) is 9.84 Å². The predicted octanol–water partition coefficient (Wildman–Crippen LogP) is 2.24. The molecule has 1 aliphatic heterocycles. The highest BCUT2D eigenvalue weighted by atomic mass is 35.5. The average molecular weight is 409 g/mol. The van der Waals surface area contributed by atoms with Crippen LogP contribution >= 0.6 is 12.4 Å². The SMILES string of the molecule is COc1ccc(S(=O)(=O)c2[nH]nc3cc(N4CCNCC4)ccc23)cc1.Cl. The van der Waals surface area contributed by atoms with Gasteiger partial charge in [-0.2, -0.15) is 5.10 Å². The number of ether oxygens (including phenoxy) is 1. The van der Waals surface area contributed by atoms with Gasteiger partial charge in [-0.1, -0.05) is 0 Å². The number of halogens is 1. The second-order valence-electron chi connectivity index (χ2n) is 6.17. The van der Waals surface area contributed by atoms with Gasteiger partial charge in [0.1, 0.15) is 5.75 Å². The van der Waals surface area contributed by atoms with Gasteiger partial charge in [-0.3, -0.25) is 5.10 Å². The number of aromatic amines is 1. The fourth-order valence-electron chi connectivity index (χ4n) is 3.17. The van der Waals surface area contributed by atoms with Crippen LogP contribution in [0.3, 0.4) is 0 Å².